The Morgan fingerprint density at radius 2 is 1.21 bits per heavy atom. The van der Waals surface area contributed by atoms with Gasteiger partial charge in [0, 0.05) is 11.0 Å². The summed E-state index contributed by atoms with van der Waals surface area (Å²) >= 11 is 0. The van der Waals surface area contributed by atoms with Crippen molar-refractivity contribution in [2.75, 3.05) is 0 Å². The molecular weight excluding hydrogens is 304 g/mol. The lowest BCUT2D eigenvalue weighted by Crippen LogP contribution is -2.18. The molecule has 2 aromatic rings. The zero-order chi connectivity index (χ0) is 18.3. The molecule has 0 aliphatic rings. The fraction of sp³-hybridized carbons (Fsp3) is 0.250. The zero-order valence-electron chi connectivity index (χ0n) is 14.4. The van der Waals surface area contributed by atoms with Crippen LogP contribution in [0.15, 0.2) is 60.2 Å². The number of aliphatic carboxylic acids is 1. The van der Waals surface area contributed by atoms with E-state index in [1.54, 1.807) is 44.2 Å². The lowest BCUT2D eigenvalue weighted by Gasteiger charge is -2.26. The maximum Gasteiger partial charge on any atom is 0.330 e. The van der Waals surface area contributed by atoms with Crippen molar-refractivity contribution in [1.82, 2.24) is 0 Å². The number of hydrogen-bond donors (Lipinski definition) is 3. The minimum Gasteiger partial charge on any atom is -0.508 e. The molecule has 0 saturated carbocycles. The highest BCUT2D eigenvalue weighted by Crippen LogP contribution is 2.32. The topological polar surface area (TPSA) is 77.8 Å². The van der Waals surface area contributed by atoms with Crippen LogP contribution >= 0.6 is 0 Å². The molecule has 0 spiro atoms. The fourth-order valence-corrected chi connectivity index (χ4v) is 2.05. The Morgan fingerprint density at radius 1 is 0.875 bits per heavy atom. The molecule has 0 aliphatic carbocycles. The van der Waals surface area contributed by atoms with Gasteiger partial charge in [0.15, 0.2) is 0 Å². The number of aromatic hydroxyl groups is 2. The Hall–Kier alpha value is -2.75. The minimum absolute atomic E-state index is 0.151. The number of carboxylic acid groups (broad SMARTS) is 1. The lowest BCUT2D eigenvalue weighted by atomic mass is 9.78. The lowest BCUT2D eigenvalue weighted by molar-refractivity contribution is -0.132. The minimum atomic E-state index is -0.845. The van der Waals surface area contributed by atoms with Crippen LogP contribution in [0.1, 0.15) is 38.8 Å². The number of carbonyl (C=O) groups is 1. The first kappa shape index (κ1) is 19.3. The van der Waals surface area contributed by atoms with Crippen molar-refractivity contribution >= 4 is 5.97 Å². The maximum atomic E-state index is 9.86. The average molecular weight is 328 g/mol. The summed E-state index contributed by atoms with van der Waals surface area (Å²) in [5.41, 5.74) is 2.49. The molecule has 0 fully saturated rings. The molecule has 0 radical (unpaired) electrons. The molecule has 3 N–H and O–H groups in total. The van der Waals surface area contributed by atoms with Gasteiger partial charge in [0.05, 0.1) is 0 Å². The van der Waals surface area contributed by atoms with E-state index in [2.05, 4.69) is 13.8 Å². The van der Waals surface area contributed by atoms with Gasteiger partial charge in [-0.05, 0) is 49.2 Å². The Morgan fingerprint density at radius 3 is 1.42 bits per heavy atom. The molecule has 2 aromatic carbocycles. The van der Waals surface area contributed by atoms with E-state index in [1.165, 1.54) is 0 Å². The number of hydrogen-bond acceptors (Lipinski definition) is 3. The second-order valence-electron chi connectivity index (χ2n) is 6.00. The predicted molar refractivity (Wildman–Crippen MR) is 95.4 cm³/mol. The van der Waals surface area contributed by atoms with E-state index >= 15 is 0 Å². The van der Waals surface area contributed by atoms with Crippen LogP contribution in [0.25, 0.3) is 0 Å². The summed E-state index contributed by atoms with van der Waals surface area (Å²) in [4.78, 5) is 9.86. The predicted octanol–water partition coefficient (Wildman–Crippen LogP) is 4.46. The molecule has 0 unspecified atom stereocenters. The largest absolute Gasteiger partial charge is 0.508 e. The quantitative estimate of drug-likeness (QED) is 0.727. The van der Waals surface area contributed by atoms with Crippen LogP contribution in [0.3, 0.4) is 0 Å². The second-order valence-corrected chi connectivity index (χ2v) is 6.00. The molecular formula is C20H24O4. The molecule has 4 heteroatoms. The van der Waals surface area contributed by atoms with Crippen LogP contribution in [0, 0.1) is 0 Å². The van der Waals surface area contributed by atoms with E-state index in [0.717, 1.165) is 11.1 Å². The van der Waals surface area contributed by atoms with Crippen LogP contribution in [0.4, 0.5) is 0 Å². The molecule has 0 amide bonds. The third kappa shape index (κ3) is 5.16. The van der Waals surface area contributed by atoms with Crippen LogP contribution in [0.5, 0.6) is 11.5 Å². The molecule has 0 heterocycles. The van der Waals surface area contributed by atoms with Crippen LogP contribution < -0.4 is 0 Å². The molecule has 24 heavy (non-hydrogen) atoms. The molecule has 2 rings (SSSR count). The van der Waals surface area contributed by atoms with E-state index in [4.69, 9.17) is 5.11 Å². The summed E-state index contributed by atoms with van der Waals surface area (Å²) in [6.07, 6.45) is 1.56. The van der Waals surface area contributed by atoms with Gasteiger partial charge in [0.25, 0.3) is 0 Å². The first-order chi connectivity index (χ1) is 11.2. The van der Waals surface area contributed by atoms with Crippen molar-refractivity contribution in [2.24, 2.45) is 0 Å². The highest BCUT2D eigenvalue weighted by atomic mass is 16.4. The Labute approximate surface area is 142 Å². The first-order valence-corrected chi connectivity index (χ1v) is 7.63. The fourth-order valence-electron chi connectivity index (χ4n) is 2.05. The van der Waals surface area contributed by atoms with E-state index in [9.17, 15) is 15.0 Å². The van der Waals surface area contributed by atoms with Gasteiger partial charge in [-0.3, -0.25) is 0 Å². The van der Waals surface area contributed by atoms with Crippen molar-refractivity contribution in [2.45, 2.75) is 33.1 Å². The summed E-state index contributed by atoms with van der Waals surface area (Å²) in [6, 6.07) is 14.4. The second kappa shape index (κ2) is 8.20. The first-order valence-electron chi connectivity index (χ1n) is 7.63. The highest BCUT2D eigenvalue weighted by molar-refractivity contribution is 5.85. The van der Waals surface area contributed by atoms with Crippen molar-refractivity contribution in [3.05, 3.63) is 71.3 Å². The van der Waals surface area contributed by atoms with Crippen molar-refractivity contribution in [1.29, 1.82) is 0 Å². The number of rotatable bonds is 3. The molecule has 0 saturated heterocycles. The number of carboxylic acids is 1. The van der Waals surface area contributed by atoms with E-state index in [0.29, 0.717) is 5.57 Å². The standard InChI is InChI=1S/C15H16O2.C5H8O2/c1-15(2,11-3-7-13(16)8-4-11)12-5-9-14(17)10-6-12;1-3-4(2)5(6)7/h3-10,16-17H,1-2H3;3H,1-2H3,(H,6,7). The number of benzene rings is 2. The van der Waals surface area contributed by atoms with Gasteiger partial charge in [-0.15, -0.1) is 0 Å². The van der Waals surface area contributed by atoms with Crippen molar-refractivity contribution in [3.63, 3.8) is 0 Å². The normalized spacial score (nSPS) is 11.4. The van der Waals surface area contributed by atoms with Gasteiger partial charge in [0.2, 0.25) is 0 Å². The van der Waals surface area contributed by atoms with Gasteiger partial charge in [-0.2, -0.15) is 0 Å². The van der Waals surface area contributed by atoms with Crippen molar-refractivity contribution in [3.8, 4) is 11.5 Å². The Balaban J connectivity index is 0.000000351. The Kier molecular flexibility index (Phi) is 6.59. The number of allylic oxidation sites excluding steroid dienone is 1. The molecule has 128 valence electrons. The molecule has 4 nitrogen and oxygen atoms in total. The summed E-state index contributed by atoms with van der Waals surface area (Å²) in [7, 11) is 0. The van der Waals surface area contributed by atoms with Gasteiger partial charge >= 0.3 is 5.97 Å². The molecule has 0 aromatic heterocycles. The third-order valence-corrected chi connectivity index (χ3v) is 3.95. The van der Waals surface area contributed by atoms with Gasteiger partial charge in [0.1, 0.15) is 11.5 Å². The number of phenolic OH excluding ortho intramolecular Hbond substituents is 2. The molecule has 0 bridgehead atoms. The summed E-state index contributed by atoms with van der Waals surface area (Å²) < 4.78 is 0. The number of phenols is 2. The van der Waals surface area contributed by atoms with Crippen LogP contribution in [0.2, 0.25) is 0 Å². The van der Waals surface area contributed by atoms with E-state index in [-0.39, 0.29) is 16.9 Å². The third-order valence-electron chi connectivity index (χ3n) is 3.95. The highest BCUT2D eigenvalue weighted by Gasteiger charge is 2.22. The van der Waals surface area contributed by atoms with Gasteiger partial charge in [-0.1, -0.05) is 44.2 Å². The smallest absolute Gasteiger partial charge is 0.330 e. The molecule has 0 aliphatic heterocycles. The van der Waals surface area contributed by atoms with Gasteiger partial charge in [-0.25, -0.2) is 4.79 Å². The van der Waals surface area contributed by atoms with Crippen molar-refractivity contribution < 1.29 is 20.1 Å². The summed E-state index contributed by atoms with van der Waals surface area (Å²) in [6.45, 7) is 7.49. The monoisotopic (exact) mass is 328 g/mol. The van der Waals surface area contributed by atoms with E-state index < -0.39 is 5.97 Å². The Bertz CT molecular complexity index is 648. The average Bonchev–Trinajstić information content (AvgIpc) is 2.55. The SMILES string of the molecule is CC(C)(c1ccc(O)cc1)c1ccc(O)cc1.CC=C(C)C(=O)O. The van der Waals surface area contributed by atoms with Crippen LogP contribution in [-0.4, -0.2) is 21.3 Å². The molecule has 0 atom stereocenters. The summed E-state index contributed by atoms with van der Waals surface area (Å²) in [5, 5.41) is 26.7. The van der Waals surface area contributed by atoms with Crippen LogP contribution in [-0.2, 0) is 10.2 Å². The zero-order valence-corrected chi connectivity index (χ0v) is 14.4. The van der Waals surface area contributed by atoms with E-state index in [1.807, 2.05) is 24.3 Å². The maximum absolute atomic E-state index is 9.86. The summed E-state index contributed by atoms with van der Waals surface area (Å²) in [5.74, 6) is -0.298. The van der Waals surface area contributed by atoms with Gasteiger partial charge < -0.3 is 15.3 Å².